The molecule has 1 aliphatic heterocycles. The first-order valence-electron chi connectivity index (χ1n) is 5.79. The Kier molecular flexibility index (Phi) is 2.70. The number of aromatic nitrogens is 2. The molecule has 0 saturated heterocycles. The first kappa shape index (κ1) is 12.7. The molecular weight excluding hydrogens is 286 g/mol. The number of halogens is 1. The first-order valence-corrected chi connectivity index (χ1v) is 7.65. The van der Waals surface area contributed by atoms with Crippen molar-refractivity contribution in [1.29, 1.82) is 0 Å². The van der Waals surface area contributed by atoms with E-state index in [4.69, 9.17) is 17.3 Å². The lowest BCUT2D eigenvalue weighted by atomic mass is 10.1. The Morgan fingerprint density at radius 1 is 1.42 bits per heavy atom. The molecule has 0 unspecified atom stereocenters. The lowest BCUT2D eigenvalue weighted by Crippen LogP contribution is -2.12. The third kappa shape index (κ3) is 1.64. The van der Waals surface area contributed by atoms with Gasteiger partial charge in [0.1, 0.15) is 4.90 Å². The monoisotopic (exact) mass is 297 g/mol. The average molecular weight is 298 g/mol. The average Bonchev–Trinajstić information content (AvgIpc) is 2.77. The lowest BCUT2D eigenvalue weighted by molar-refractivity contribution is 0.598. The molecule has 0 radical (unpaired) electrons. The number of fused-ring (bicyclic) bond motifs is 3. The summed E-state index contributed by atoms with van der Waals surface area (Å²) in [6.07, 6.45) is 0. The molecule has 1 aliphatic rings. The maximum absolute atomic E-state index is 12.5. The summed E-state index contributed by atoms with van der Waals surface area (Å²) >= 11 is 5.97. The van der Waals surface area contributed by atoms with Gasteiger partial charge in [-0.3, -0.25) is 4.68 Å². The Hall–Kier alpha value is -1.37. The largest absolute Gasteiger partial charge is 0.329 e. The summed E-state index contributed by atoms with van der Waals surface area (Å²) in [5.74, 6) is 0. The fourth-order valence-corrected chi connectivity index (χ4v) is 4.45. The van der Waals surface area contributed by atoms with E-state index in [0.717, 1.165) is 0 Å². The van der Waals surface area contributed by atoms with Crippen molar-refractivity contribution < 1.29 is 8.42 Å². The minimum absolute atomic E-state index is 0.276. The molecule has 1 aromatic heterocycles. The van der Waals surface area contributed by atoms with Gasteiger partial charge in [0.05, 0.1) is 22.8 Å². The number of nitrogens with two attached hydrogens (primary N) is 1. The topological polar surface area (TPSA) is 78.0 Å². The summed E-state index contributed by atoms with van der Waals surface area (Å²) in [4.78, 5) is 0.566. The number of sulfone groups is 1. The van der Waals surface area contributed by atoms with Gasteiger partial charge in [0.25, 0.3) is 0 Å². The molecule has 0 amide bonds. The van der Waals surface area contributed by atoms with Crippen LogP contribution in [0, 0.1) is 6.92 Å². The van der Waals surface area contributed by atoms with E-state index in [9.17, 15) is 8.42 Å². The van der Waals surface area contributed by atoms with Crippen LogP contribution in [-0.2, 0) is 16.4 Å². The van der Waals surface area contributed by atoms with Gasteiger partial charge < -0.3 is 5.73 Å². The van der Waals surface area contributed by atoms with Crippen LogP contribution in [0.4, 0.5) is 0 Å². The molecule has 100 valence electrons. The van der Waals surface area contributed by atoms with Gasteiger partial charge in [-0.15, -0.1) is 0 Å². The third-order valence-electron chi connectivity index (χ3n) is 3.17. The van der Waals surface area contributed by atoms with Gasteiger partial charge in [0.2, 0.25) is 9.84 Å². The Bertz CT molecular complexity index is 781. The molecule has 5 nitrogen and oxygen atoms in total. The molecule has 19 heavy (non-hydrogen) atoms. The second kappa shape index (κ2) is 4.06. The van der Waals surface area contributed by atoms with E-state index in [1.165, 1.54) is 0 Å². The van der Waals surface area contributed by atoms with E-state index in [1.54, 1.807) is 29.8 Å². The van der Waals surface area contributed by atoms with E-state index in [0.29, 0.717) is 35.1 Å². The Morgan fingerprint density at radius 2 is 2.16 bits per heavy atom. The molecule has 0 atom stereocenters. The van der Waals surface area contributed by atoms with Crippen LogP contribution in [0.5, 0.6) is 0 Å². The molecule has 1 aromatic carbocycles. The van der Waals surface area contributed by atoms with Crippen LogP contribution in [0.1, 0.15) is 5.69 Å². The van der Waals surface area contributed by atoms with Crippen LogP contribution in [0.3, 0.4) is 0 Å². The molecule has 0 aliphatic carbocycles. The van der Waals surface area contributed by atoms with Gasteiger partial charge >= 0.3 is 0 Å². The minimum atomic E-state index is -3.49. The second-order valence-corrected chi connectivity index (χ2v) is 6.71. The quantitative estimate of drug-likeness (QED) is 0.779. The molecule has 0 bridgehead atoms. The third-order valence-corrected chi connectivity index (χ3v) is 5.36. The zero-order valence-corrected chi connectivity index (χ0v) is 11.8. The summed E-state index contributed by atoms with van der Waals surface area (Å²) < 4.78 is 26.6. The molecule has 7 heteroatoms. The maximum atomic E-state index is 12.5. The number of hydrogen-bond acceptors (Lipinski definition) is 4. The predicted molar refractivity (Wildman–Crippen MR) is 71.9 cm³/mol. The SMILES string of the molecule is Cc1nn(CCN)c2c1S(=O)(=O)c1ccc(Cl)cc1-2. The van der Waals surface area contributed by atoms with Gasteiger partial charge in [0.15, 0.2) is 0 Å². The summed E-state index contributed by atoms with van der Waals surface area (Å²) in [7, 11) is -3.49. The van der Waals surface area contributed by atoms with Crippen molar-refractivity contribution in [2.75, 3.05) is 6.54 Å². The van der Waals surface area contributed by atoms with Crippen LogP contribution in [0.15, 0.2) is 28.0 Å². The number of benzene rings is 1. The zero-order chi connectivity index (χ0) is 13.8. The number of hydrogen-bond donors (Lipinski definition) is 1. The highest BCUT2D eigenvalue weighted by Crippen LogP contribution is 2.45. The normalized spacial score (nSPS) is 15.3. The van der Waals surface area contributed by atoms with Crippen LogP contribution in [-0.4, -0.2) is 24.7 Å². The summed E-state index contributed by atoms with van der Waals surface area (Å²) in [5, 5.41) is 4.76. The van der Waals surface area contributed by atoms with Crippen LogP contribution < -0.4 is 5.73 Å². The van der Waals surface area contributed by atoms with Crippen LogP contribution >= 0.6 is 11.6 Å². The van der Waals surface area contributed by atoms with Crippen LogP contribution in [0.25, 0.3) is 11.3 Å². The predicted octanol–water partition coefficient (Wildman–Crippen LogP) is 1.62. The van der Waals surface area contributed by atoms with Gasteiger partial charge in [-0.25, -0.2) is 8.42 Å². The smallest absolute Gasteiger partial charge is 0.211 e. The fraction of sp³-hybridized carbons (Fsp3) is 0.250. The van der Waals surface area contributed by atoms with E-state index >= 15 is 0 Å². The molecule has 2 N–H and O–H groups in total. The first-order chi connectivity index (χ1) is 8.96. The summed E-state index contributed by atoms with van der Waals surface area (Å²) in [6, 6.07) is 4.79. The van der Waals surface area contributed by atoms with Gasteiger partial charge in [0, 0.05) is 17.1 Å². The Balaban J connectivity index is 2.41. The van der Waals surface area contributed by atoms with Gasteiger partial charge in [-0.1, -0.05) is 11.6 Å². The number of aryl methyl sites for hydroxylation is 1. The zero-order valence-electron chi connectivity index (χ0n) is 10.2. The van der Waals surface area contributed by atoms with Crippen molar-refractivity contribution in [1.82, 2.24) is 9.78 Å². The molecule has 2 heterocycles. The summed E-state index contributed by atoms with van der Waals surface area (Å²) in [6.45, 7) is 2.55. The Morgan fingerprint density at radius 3 is 2.84 bits per heavy atom. The highest BCUT2D eigenvalue weighted by molar-refractivity contribution is 7.92. The molecule has 3 rings (SSSR count). The standard InChI is InChI=1S/C12H12ClN3O2S/c1-7-12-11(16(15-7)5-4-14)9-6-8(13)2-3-10(9)19(12,17)18/h2-3,6H,4-5,14H2,1H3. The van der Waals surface area contributed by atoms with E-state index < -0.39 is 9.84 Å². The van der Waals surface area contributed by atoms with Crippen molar-refractivity contribution >= 4 is 21.4 Å². The van der Waals surface area contributed by atoms with Crippen molar-refractivity contribution in [3.63, 3.8) is 0 Å². The van der Waals surface area contributed by atoms with E-state index in [1.807, 2.05) is 0 Å². The van der Waals surface area contributed by atoms with Gasteiger partial charge in [-0.05, 0) is 25.1 Å². The highest BCUT2D eigenvalue weighted by atomic mass is 35.5. The summed E-state index contributed by atoms with van der Waals surface area (Å²) in [5.41, 5.74) is 7.25. The van der Waals surface area contributed by atoms with Crippen molar-refractivity contribution in [2.24, 2.45) is 5.73 Å². The molecular formula is C12H12ClN3O2S. The maximum Gasteiger partial charge on any atom is 0.211 e. The fourth-order valence-electron chi connectivity index (χ4n) is 2.46. The van der Waals surface area contributed by atoms with E-state index in [2.05, 4.69) is 5.10 Å². The Labute approximate surface area is 115 Å². The number of nitrogens with zero attached hydrogens (tertiary/aromatic N) is 2. The van der Waals surface area contributed by atoms with Crippen LogP contribution in [0.2, 0.25) is 5.02 Å². The van der Waals surface area contributed by atoms with Crippen molar-refractivity contribution in [3.8, 4) is 11.3 Å². The van der Waals surface area contributed by atoms with Crippen molar-refractivity contribution in [2.45, 2.75) is 23.3 Å². The van der Waals surface area contributed by atoms with Crippen molar-refractivity contribution in [3.05, 3.63) is 28.9 Å². The number of rotatable bonds is 2. The second-order valence-electron chi connectivity index (χ2n) is 4.42. The minimum Gasteiger partial charge on any atom is -0.329 e. The highest BCUT2D eigenvalue weighted by Gasteiger charge is 2.38. The lowest BCUT2D eigenvalue weighted by Gasteiger charge is -2.05. The molecule has 2 aromatic rings. The van der Waals surface area contributed by atoms with E-state index in [-0.39, 0.29) is 9.79 Å². The molecule has 0 spiro atoms. The van der Waals surface area contributed by atoms with Gasteiger partial charge in [-0.2, -0.15) is 5.10 Å². The molecule has 0 fully saturated rings. The molecule has 0 saturated carbocycles.